The topological polar surface area (TPSA) is 38.9 Å². The highest BCUT2D eigenvalue weighted by Crippen LogP contribution is 2.18. The molecular formula is C6H9N2O. The van der Waals surface area contributed by atoms with E-state index in [1.807, 2.05) is 20.8 Å². The summed E-state index contributed by atoms with van der Waals surface area (Å²) >= 11 is 0. The van der Waals surface area contributed by atoms with Crippen LogP contribution in [0.25, 0.3) is 0 Å². The number of hydrogen-bond acceptors (Lipinski definition) is 3. The second-order valence-electron chi connectivity index (χ2n) is 2.96. The summed E-state index contributed by atoms with van der Waals surface area (Å²) in [4.78, 5) is 0. The molecule has 0 bridgehead atoms. The van der Waals surface area contributed by atoms with Crippen molar-refractivity contribution in [1.29, 1.82) is 0 Å². The molecule has 0 saturated heterocycles. The molecule has 0 saturated carbocycles. The molecule has 3 nitrogen and oxygen atoms in total. The van der Waals surface area contributed by atoms with E-state index in [1.54, 1.807) is 0 Å². The maximum absolute atomic E-state index is 4.78. The summed E-state index contributed by atoms with van der Waals surface area (Å²) in [5.74, 6) is 0.697. The van der Waals surface area contributed by atoms with E-state index in [1.165, 1.54) is 0 Å². The van der Waals surface area contributed by atoms with E-state index in [-0.39, 0.29) is 5.41 Å². The maximum atomic E-state index is 4.78. The molecule has 0 spiro atoms. The average Bonchev–Trinajstić information content (AvgIpc) is 2.08. The fourth-order valence-corrected chi connectivity index (χ4v) is 0.452. The number of nitrogens with zero attached hydrogens (tertiary/aromatic N) is 2. The van der Waals surface area contributed by atoms with Crippen LogP contribution in [0, 0.1) is 6.20 Å². The number of aromatic nitrogens is 2. The van der Waals surface area contributed by atoms with E-state index in [0.717, 1.165) is 0 Å². The van der Waals surface area contributed by atoms with Crippen LogP contribution in [-0.4, -0.2) is 10.4 Å². The highest BCUT2D eigenvalue weighted by Gasteiger charge is 2.18. The zero-order chi connectivity index (χ0) is 6.91. The Morgan fingerprint density at radius 3 is 2.33 bits per heavy atom. The van der Waals surface area contributed by atoms with Gasteiger partial charge in [0.15, 0.2) is 12.0 Å². The van der Waals surface area contributed by atoms with Crippen molar-refractivity contribution in [3.05, 3.63) is 12.0 Å². The molecule has 0 N–H and O–H groups in total. The van der Waals surface area contributed by atoms with Gasteiger partial charge in [0.25, 0.3) is 0 Å². The molecule has 1 heterocycles. The third kappa shape index (κ3) is 1.28. The molecule has 1 rings (SSSR count). The molecule has 0 aromatic carbocycles. The first kappa shape index (κ1) is 6.26. The molecule has 9 heavy (non-hydrogen) atoms. The van der Waals surface area contributed by atoms with Gasteiger partial charge in [-0.2, -0.15) is 0 Å². The predicted octanol–water partition coefficient (Wildman–Crippen LogP) is 1.17. The molecular weight excluding hydrogens is 116 g/mol. The SMILES string of the molecule is CC(C)(C)c1[c]nno1. The molecule has 0 aliphatic rings. The second kappa shape index (κ2) is 1.83. The summed E-state index contributed by atoms with van der Waals surface area (Å²) in [5.41, 5.74) is -0.0243. The minimum atomic E-state index is -0.0243. The lowest BCUT2D eigenvalue weighted by Crippen LogP contribution is -2.09. The van der Waals surface area contributed by atoms with Crippen molar-refractivity contribution in [1.82, 2.24) is 10.4 Å². The summed E-state index contributed by atoms with van der Waals surface area (Å²) in [6.45, 7) is 6.06. The zero-order valence-corrected chi connectivity index (χ0v) is 5.80. The Balaban J connectivity index is 2.90. The summed E-state index contributed by atoms with van der Waals surface area (Å²) < 4.78 is 4.78. The van der Waals surface area contributed by atoms with E-state index in [0.29, 0.717) is 5.76 Å². The first-order valence-electron chi connectivity index (χ1n) is 2.81. The van der Waals surface area contributed by atoms with Gasteiger partial charge in [0, 0.05) is 10.7 Å². The zero-order valence-electron chi connectivity index (χ0n) is 5.80. The van der Waals surface area contributed by atoms with E-state index >= 15 is 0 Å². The molecule has 3 heteroatoms. The van der Waals surface area contributed by atoms with Gasteiger partial charge in [0.2, 0.25) is 0 Å². The largest absolute Gasteiger partial charge is 0.341 e. The van der Waals surface area contributed by atoms with Crippen LogP contribution in [0.5, 0.6) is 0 Å². The van der Waals surface area contributed by atoms with E-state index < -0.39 is 0 Å². The van der Waals surface area contributed by atoms with E-state index in [9.17, 15) is 0 Å². The Bertz CT molecular complexity index is 173. The van der Waals surface area contributed by atoms with Gasteiger partial charge < -0.3 is 4.52 Å². The molecule has 1 aromatic heterocycles. The van der Waals surface area contributed by atoms with Gasteiger partial charge in [-0.15, -0.1) is 5.10 Å². The van der Waals surface area contributed by atoms with Crippen molar-refractivity contribution in [3.63, 3.8) is 0 Å². The van der Waals surface area contributed by atoms with Crippen molar-refractivity contribution in [2.45, 2.75) is 26.2 Å². The van der Waals surface area contributed by atoms with Crippen molar-refractivity contribution in [2.24, 2.45) is 0 Å². The van der Waals surface area contributed by atoms with Gasteiger partial charge in [0.1, 0.15) is 0 Å². The summed E-state index contributed by atoms with van der Waals surface area (Å²) in [7, 11) is 0. The van der Waals surface area contributed by atoms with Gasteiger partial charge in [-0.3, -0.25) is 0 Å². The van der Waals surface area contributed by atoms with Crippen LogP contribution in [0.3, 0.4) is 0 Å². The normalized spacial score (nSPS) is 11.9. The van der Waals surface area contributed by atoms with E-state index in [2.05, 4.69) is 16.6 Å². The van der Waals surface area contributed by atoms with Crippen LogP contribution in [0.1, 0.15) is 26.5 Å². The fourth-order valence-electron chi connectivity index (χ4n) is 0.452. The van der Waals surface area contributed by atoms with Crippen molar-refractivity contribution < 1.29 is 4.52 Å². The summed E-state index contributed by atoms with van der Waals surface area (Å²) in [5, 5.41) is 6.76. The minimum absolute atomic E-state index is 0.0243. The van der Waals surface area contributed by atoms with E-state index in [4.69, 9.17) is 4.52 Å². The average molecular weight is 125 g/mol. The molecule has 0 fully saturated rings. The third-order valence-corrected chi connectivity index (χ3v) is 1.01. The molecule has 0 aliphatic heterocycles. The predicted molar refractivity (Wildman–Crippen MR) is 31.8 cm³/mol. The standard InChI is InChI=1S/C6H9N2O/c1-6(2,3)5-4-7-8-9-5/h1-3H3. The molecule has 1 radical (unpaired) electrons. The lowest BCUT2D eigenvalue weighted by atomic mass is 9.94. The highest BCUT2D eigenvalue weighted by molar-refractivity contribution is 4.99. The second-order valence-corrected chi connectivity index (χ2v) is 2.96. The van der Waals surface area contributed by atoms with Gasteiger partial charge in [0.05, 0.1) is 0 Å². The Labute approximate surface area is 54.0 Å². The monoisotopic (exact) mass is 125 g/mol. The minimum Gasteiger partial charge on any atom is -0.341 e. The Morgan fingerprint density at radius 1 is 1.44 bits per heavy atom. The van der Waals surface area contributed by atoms with Crippen LogP contribution < -0.4 is 0 Å². The van der Waals surface area contributed by atoms with Crippen LogP contribution in [0.15, 0.2) is 4.52 Å². The van der Waals surface area contributed by atoms with Crippen LogP contribution >= 0.6 is 0 Å². The molecule has 0 aliphatic carbocycles. The van der Waals surface area contributed by atoms with Crippen molar-refractivity contribution >= 4 is 0 Å². The van der Waals surface area contributed by atoms with Crippen LogP contribution in [0.2, 0.25) is 0 Å². The third-order valence-electron chi connectivity index (χ3n) is 1.01. The molecule has 49 valence electrons. The Morgan fingerprint density at radius 2 is 2.11 bits per heavy atom. The van der Waals surface area contributed by atoms with Gasteiger partial charge in [-0.25, -0.2) is 0 Å². The van der Waals surface area contributed by atoms with Crippen LogP contribution in [-0.2, 0) is 5.41 Å². The Kier molecular flexibility index (Phi) is 1.27. The molecule has 0 amide bonds. The first-order valence-corrected chi connectivity index (χ1v) is 2.81. The molecule has 1 aromatic rings. The first-order chi connectivity index (χ1) is 4.11. The number of hydrogen-bond donors (Lipinski definition) is 0. The smallest absolute Gasteiger partial charge is 0.172 e. The lowest BCUT2D eigenvalue weighted by Gasteiger charge is -2.10. The molecule has 0 unspecified atom stereocenters. The van der Waals surface area contributed by atoms with Crippen molar-refractivity contribution in [3.8, 4) is 0 Å². The quantitative estimate of drug-likeness (QED) is 0.522. The van der Waals surface area contributed by atoms with Gasteiger partial charge in [-0.1, -0.05) is 20.8 Å². The maximum Gasteiger partial charge on any atom is 0.172 e. The van der Waals surface area contributed by atoms with Crippen LogP contribution in [0.4, 0.5) is 0 Å². The summed E-state index contributed by atoms with van der Waals surface area (Å²) in [6.07, 6.45) is 2.65. The highest BCUT2D eigenvalue weighted by atomic mass is 16.5. The summed E-state index contributed by atoms with van der Waals surface area (Å²) in [6, 6.07) is 0. The fraction of sp³-hybridized carbons (Fsp3) is 0.667. The van der Waals surface area contributed by atoms with Gasteiger partial charge >= 0.3 is 0 Å². The Hall–Kier alpha value is -0.860. The number of rotatable bonds is 0. The lowest BCUT2D eigenvalue weighted by molar-refractivity contribution is 0.316. The van der Waals surface area contributed by atoms with Gasteiger partial charge in [-0.05, 0) is 0 Å². The van der Waals surface area contributed by atoms with Crippen molar-refractivity contribution in [2.75, 3.05) is 0 Å². The molecule has 0 atom stereocenters.